The van der Waals surface area contributed by atoms with E-state index in [-0.39, 0.29) is 10.7 Å². The molecular weight excluding hydrogens is 292 g/mol. The van der Waals surface area contributed by atoms with Gasteiger partial charge in [-0.15, -0.1) is 5.10 Å². The van der Waals surface area contributed by atoms with Crippen molar-refractivity contribution in [1.82, 2.24) is 15.2 Å². The lowest BCUT2D eigenvalue weighted by atomic mass is 10.3. The molecule has 0 saturated heterocycles. The van der Waals surface area contributed by atoms with Gasteiger partial charge in [0, 0.05) is 18.4 Å². The molecule has 0 aliphatic carbocycles. The number of carbonyl (C=O) groups is 1. The Hall–Kier alpha value is -2.22. The maximum atomic E-state index is 11.9. The molecule has 0 aliphatic heterocycles. The predicted octanol–water partition coefficient (Wildman–Crippen LogP) is 1.41. The first-order valence-corrected chi connectivity index (χ1v) is 8.32. The number of benzene rings is 1. The molecule has 21 heavy (non-hydrogen) atoms. The molecule has 0 atom stereocenters. The second-order valence-electron chi connectivity index (χ2n) is 4.61. The Bertz CT molecular complexity index is 735. The van der Waals surface area contributed by atoms with Gasteiger partial charge in [-0.25, -0.2) is 13.4 Å². The highest BCUT2D eigenvalue weighted by atomic mass is 32.2. The van der Waals surface area contributed by atoms with Crippen molar-refractivity contribution < 1.29 is 13.2 Å². The van der Waals surface area contributed by atoms with Crippen molar-refractivity contribution in [1.29, 1.82) is 0 Å². The highest BCUT2D eigenvalue weighted by Crippen LogP contribution is 2.14. The number of anilines is 1. The lowest BCUT2D eigenvalue weighted by Crippen LogP contribution is -2.14. The summed E-state index contributed by atoms with van der Waals surface area (Å²) in [4.78, 5) is 16.2. The molecule has 0 fully saturated rings. The van der Waals surface area contributed by atoms with Crippen LogP contribution in [-0.2, 0) is 16.3 Å². The molecule has 1 amide bonds. The number of rotatable bonds is 5. The van der Waals surface area contributed by atoms with E-state index in [9.17, 15) is 13.2 Å². The third kappa shape index (κ3) is 3.88. The number of amides is 1. The first-order valence-electron chi connectivity index (χ1n) is 6.43. The van der Waals surface area contributed by atoms with Crippen LogP contribution in [0.4, 0.5) is 5.69 Å². The molecule has 0 radical (unpaired) electrons. The summed E-state index contributed by atoms with van der Waals surface area (Å²) in [6.45, 7) is 2.01. The zero-order chi connectivity index (χ0) is 15.5. The third-order valence-corrected chi connectivity index (χ3v) is 3.89. The Morgan fingerprint density at radius 1 is 1.29 bits per heavy atom. The van der Waals surface area contributed by atoms with Crippen LogP contribution in [0.25, 0.3) is 0 Å². The van der Waals surface area contributed by atoms with Crippen LogP contribution in [0.15, 0.2) is 29.2 Å². The van der Waals surface area contributed by atoms with Crippen LogP contribution in [0.3, 0.4) is 0 Å². The van der Waals surface area contributed by atoms with Crippen LogP contribution >= 0.6 is 0 Å². The van der Waals surface area contributed by atoms with Crippen molar-refractivity contribution in [2.75, 3.05) is 11.6 Å². The van der Waals surface area contributed by atoms with Gasteiger partial charge in [0.2, 0.25) is 5.82 Å². The van der Waals surface area contributed by atoms with Crippen molar-refractivity contribution in [2.45, 2.75) is 24.7 Å². The molecule has 0 aliphatic rings. The molecule has 0 spiro atoms. The minimum absolute atomic E-state index is 0.0608. The lowest BCUT2D eigenvalue weighted by Gasteiger charge is -2.03. The maximum Gasteiger partial charge on any atom is 0.295 e. The third-order valence-electron chi connectivity index (χ3n) is 2.76. The van der Waals surface area contributed by atoms with E-state index in [1.165, 1.54) is 24.3 Å². The number of carbonyl (C=O) groups excluding carboxylic acids is 1. The summed E-state index contributed by atoms with van der Waals surface area (Å²) in [5, 5.41) is 9.16. The fraction of sp³-hybridized carbons (Fsp3) is 0.308. The van der Waals surface area contributed by atoms with Crippen molar-refractivity contribution in [3.05, 3.63) is 35.9 Å². The van der Waals surface area contributed by atoms with Crippen LogP contribution in [0.5, 0.6) is 0 Å². The number of nitrogens with zero attached hydrogens (tertiary/aromatic N) is 2. The van der Waals surface area contributed by atoms with E-state index in [1.807, 2.05) is 6.92 Å². The number of aromatic nitrogens is 3. The number of aromatic amines is 1. The molecule has 0 bridgehead atoms. The molecule has 1 aromatic carbocycles. The summed E-state index contributed by atoms with van der Waals surface area (Å²) in [6.07, 6.45) is 2.76. The van der Waals surface area contributed by atoms with Gasteiger partial charge >= 0.3 is 0 Å². The van der Waals surface area contributed by atoms with Gasteiger partial charge in [0.05, 0.1) is 4.90 Å². The number of sulfone groups is 1. The van der Waals surface area contributed by atoms with E-state index in [2.05, 4.69) is 20.5 Å². The summed E-state index contributed by atoms with van der Waals surface area (Å²) >= 11 is 0. The summed E-state index contributed by atoms with van der Waals surface area (Å²) in [7, 11) is -3.25. The van der Waals surface area contributed by atoms with E-state index in [4.69, 9.17) is 0 Å². The lowest BCUT2D eigenvalue weighted by molar-refractivity contribution is 0.101. The first-order chi connectivity index (χ1) is 9.90. The maximum absolute atomic E-state index is 11.9. The van der Waals surface area contributed by atoms with Gasteiger partial charge in [0.25, 0.3) is 5.91 Å². The summed E-state index contributed by atoms with van der Waals surface area (Å²) in [5.41, 5.74) is 0.481. The van der Waals surface area contributed by atoms with Gasteiger partial charge in [0.15, 0.2) is 9.84 Å². The molecule has 0 saturated carbocycles. The average molecular weight is 308 g/mol. The second kappa shape index (κ2) is 6.04. The van der Waals surface area contributed by atoms with Crippen molar-refractivity contribution >= 4 is 21.4 Å². The van der Waals surface area contributed by atoms with E-state index in [0.29, 0.717) is 11.5 Å². The quantitative estimate of drug-likeness (QED) is 0.869. The highest BCUT2D eigenvalue weighted by molar-refractivity contribution is 7.90. The molecule has 2 aromatic rings. The van der Waals surface area contributed by atoms with Gasteiger partial charge in [-0.1, -0.05) is 6.92 Å². The SMILES string of the molecule is CCCc1nc(C(=O)Nc2ccc(S(C)(=O)=O)cc2)n[nH]1. The Kier molecular flexibility index (Phi) is 4.37. The topological polar surface area (TPSA) is 105 Å². The molecule has 1 aromatic heterocycles. The molecular formula is C13H16N4O3S. The van der Waals surface area contributed by atoms with E-state index in [1.54, 1.807) is 0 Å². The van der Waals surface area contributed by atoms with Crippen LogP contribution in [0.1, 0.15) is 29.8 Å². The van der Waals surface area contributed by atoms with Crippen LogP contribution in [-0.4, -0.2) is 35.8 Å². The van der Waals surface area contributed by atoms with E-state index < -0.39 is 15.7 Å². The van der Waals surface area contributed by atoms with Gasteiger partial charge in [-0.3, -0.25) is 9.89 Å². The summed E-state index contributed by atoms with van der Waals surface area (Å²) < 4.78 is 22.7. The molecule has 1 heterocycles. The normalized spacial score (nSPS) is 11.3. The van der Waals surface area contributed by atoms with E-state index in [0.717, 1.165) is 19.1 Å². The summed E-state index contributed by atoms with van der Waals surface area (Å²) in [5.74, 6) is 0.279. The zero-order valence-corrected chi connectivity index (χ0v) is 12.6. The van der Waals surface area contributed by atoms with Crippen molar-refractivity contribution in [3.63, 3.8) is 0 Å². The van der Waals surface area contributed by atoms with E-state index >= 15 is 0 Å². The number of H-pyrrole nitrogens is 1. The fourth-order valence-corrected chi connectivity index (χ4v) is 2.35. The minimum atomic E-state index is -3.25. The van der Waals surface area contributed by atoms with Gasteiger partial charge in [0.1, 0.15) is 5.82 Å². The van der Waals surface area contributed by atoms with Crippen molar-refractivity contribution in [3.8, 4) is 0 Å². The Balaban J connectivity index is 2.08. The highest BCUT2D eigenvalue weighted by Gasteiger charge is 2.13. The van der Waals surface area contributed by atoms with Gasteiger partial charge in [-0.2, -0.15) is 0 Å². The summed E-state index contributed by atoms with van der Waals surface area (Å²) in [6, 6.07) is 5.92. The number of hydrogen-bond acceptors (Lipinski definition) is 5. The fourth-order valence-electron chi connectivity index (χ4n) is 1.72. The monoisotopic (exact) mass is 308 g/mol. The van der Waals surface area contributed by atoms with Crippen LogP contribution in [0, 0.1) is 0 Å². The largest absolute Gasteiger partial charge is 0.319 e. The van der Waals surface area contributed by atoms with Crippen LogP contribution in [0.2, 0.25) is 0 Å². The second-order valence-corrected chi connectivity index (χ2v) is 6.62. The molecule has 0 unspecified atom stereocenters. The Labute approximate surface area is 122 Å². The van der Waals surface area contributed by atoms with Gasteiger partial charge in [-0.05, 0) is 30.7 Å². The number of aryl methyl sites for hydroxylation is 1. The van der Waals surface area contributed by atoms with Crippen molar-refractivity contribution in [2.24, 2.45) is 0 Å². The molecule has 2 N–H and O–H groups in total. The Morgan fingerprint density at radius 3 is 2.52 bits per heavy atom. The smallest absolute Gasteiger partial charge is 0.295 e. The van der Waals surface area contributed by atoms with Gasteiger partial charge < -0.3 is 5.32 Å². The minimum Gasteiger partial charge on any atom is -0.319 e. The molecule has 2 rings (SSSR count). The number of nitrogens with one attached hydrogen (secondary N) is 2. The number of hydrogen-bond donors (Lipinski definition) is 2. The predicted molar refractivity (Wildman–Crippen MR) is 77.9 cm³/mol. The average Bonchev–Trinajstić information content (AvgIpc) is 2.87. The molecule has 7 nitrogen and oxygen atoms in total. The Morgan fingerprint density at radius 2 is 1.95 bits per heavy atom. The molecule has 112 valence electrons. The zero-order valence-electron chi connectivity index (χ0n) is 11.8. The first kappa shape index (κ1) is 15.2. The molecule has 8 heteroatoms. The van der Waals surface area contributed by atoms with Crippen LogP contribution < -0.4 is 5.32 Å². The standard InChI is InChI=1S/C13H16N4O3S/c1-3-4-11-15-12(17-16-11)13(18)14-9-5-7-10(8-6-9)21(2,19)20/h5-8H,3-4H2,1-2H3,(H,14,18)(H,15,16,17).